The minimum Gasteiger partial charge on any atom is -0.256 e. The number of para-hydroxylation sites is 1. The third-order valence-corrected chi connectivity index (χ3v) is 9.18. The summed E-state index contributed by atoms with van der Waals surface area (Å²) >= 11 is 0. The first-order valence-corrected chi connectivity index (χ1v) is 15.6. The van der Waals surface area contributed by atoms with Gasteiger partial charge in [-0.05, 0) is 74.8 Å². The zero-order chi connectivity index (χ0) is 30.3. The SMILES string of the molecule is C/C1=N\c2ccccc2C(C)c2ccccc2-c2cnc(-c3ccc(-c4ccc(-c5ccc6ccccc6c5)cc4)cc3)cc21. The van der Waals surface area contributed by atoms with Crippen molar-refractivity contribution < 1.29 is 0 Å². The predicted octanol–water partition coefficient (Wildman–Crippen LogP) is 11.5. The van der Waals surface area contributed by atoms with Crippen LogP contribution in [-0.4, -0.2) is 10.7 Å². The molecular formula is C43H32N2. The quantitative estimate of drug-likeness (QED) is 0.205. The maximum absolute atomic E-state index is 5.16. The molecule has 1 atom stereocenters. The molecule has 0 bridgehead atoms. The summed E-state index contributed by atoms with van der Waals surface area (Å²) in [5.41, 5.74) is 14.9. The second-order valence-electron chi connectivity index (χ2n) is 11.9. The second-order valence-corrected chi connectivity index (χ2v) is 11.9. The summed E-state index contributed by atoms with van der Waals surface area (Å²) in [6.07, 6.45) is 2.03. The first kappa shape index (κ1) is 27.0. The van der Waals surface area contributed by atoms with Gasteiger partial charge < -0.3 is 0 Å². The van der Waals surface area contributed by atoms with Crippen molar-refractivity contribution in [2.45, 2.75) is 19.8 Å². The molecule has 0 saturated heterocycles. The fraction of sp³-hybridized carbons (Fsp3) is 0.0698. The summed E-state index contributed by atoms with van der Waals surface area (Å²) in [6.45, 7) is 4.39. The monoisotopic (exact) mass is 576 g/mol. The Kier molecular flexibility index (Phi) is 6.69. The molecule has 45 heavy (non-hydrogen) atoms. The van der Waals surface area contributed by atoms with Gasteiger partial charge >= 0.3 is 0 Å². The van der Waals surface area contributed by atoms with Crippen molar-refractivity contribution in [1.82, 2.24) is 4.98 Å². The molecule has 0 aliphatic carbocycles. The minimum atomic E-state index is 0.216. The highest BCUT2D eigenvalue weighted by atomic mass is 14.8. The molecule has 214 valence electrons. The lowest BCUT2D eigenvalue weighted by molar-refractivity contribution is 0.925. The molecule has 1 aliphatic heterocycles. The van der Waals surface area contributed by atoms with Crippen LogP contribution < -0.4 is 0 Å². The Balaban J connectivity index is 1.13. The Hall–Kier alpha value is -5.60. The standard InChI is InChI=1S/C43H32N2/c1-28-37-11-5-6-13-39(37)41-27-44-43(26-40(41)29(2)45-42-14-8-7-12-38(28)42)34-22-19-32(20-23-34)31-15-17-33(18-16-31)36-24-21-30-9-3-4-10-35(30)25-36/h3-28H,1-2H3/b45-29+. The molecule has 0 saturated carbocycles. The molecule has 2 heterocycles. The molecule has 0 fully saturated rings. The van der Waals surface area contributed by atoms with Crippen molar-refractivity contribution in [1.29, 1.82) is 0 Å². The zero-order valence-electron chi connectivity index (χ0n) is 25.4. The topological polar surface area (TPSA) is 25.2 Å². The predicted molar refractivity (Wildman–Crippen MR) is 189 cm³/mol. The van der Waals surface area contributed by atoms with Gasteiger partial charge in [-0.1, -0.05) is 134 Å². The number of benzene rings is 6. The van der Waals surface area contributed by atoms with Crippen molar-refractivity contribution in [2.24, 2.45) is 4.99 Å². The molecule has 0 radical (unpaired) electrons. The van der Waals surface area contributed by atoms with Gasteiger partial charge in [-0.3, -0.25) is 9.98 Å². The lowest BCUT2D eigenvalue weighted by Crippen LogP contribution is -2.02. The van der Waals surface area contributed by atoms with Crippen LogP contribution in [0, 0.1) is 0 Å². The van der Waals surface area contributed by atoms with E-state index in [9.17, 15) is 0 Å². The smallest absolute Gasteiger partial charge is 0.0709 e. The number of aromatic nitrogens is 1. The van der Waals surface area contributed by atoms with Crippen LogP contribution >= 0.6 is 0 Å². The first-order valence-electron chi connectivity index (χ1n) is 15.6. The Labute approximate surface area is 264 Å². The van der Waals surface area contributed by atoms with Crippen LogP contribution in [0.2, 0.25) is 0 Å². The van der Waals surface area contributed by atoms with Gasteiger partial charge in [0.1, 0.15) is 0 Å². The van der Waals surface area contributed by atoms with E-state index in [0.29, 0.717) is 0 Å². The van der Waals surface area contributed by atoms with E-state index in [4.69, 9.17) is 9.98 Å². The van der Waals surface area contributed by atoms with Gasteiger partial charge in [0, 0.05) is 34.5 Å². The van der Waals surface area contributed by atoms with E-state index in [1.165, 1.54) is 49.7 Å². The lowest BCUT2D eigenvalue weighted by atomic mass is 9.86. The van der Waals surface area contributed by atoms with Gasteiger partial charge in [0.05, 0.1) is 11.4 Å². The van der Waals surface area contributed by atoms with E-state index < -0.39 is 0 Å². The molecule has 1 aromatic heterocycles. The summed E-state index contributed by atoms with van der Waals surface area (Å²) in [7, 11) is 0. The van der Waals surface area contributed by atoms with Gasteiger partial charge in [0.25, 0.3) is 0 Å². The van der Waals surface area contributed by atoms with Crippen LogP contribution in [0.4, 0.5) is 5.69 Å². The number of nitrogens with zero attached hydrogens (tertiary/aromatic N) is 2. The molecule has 0 spiro atoms. The summed E-state index contributed by atoms with van der Waals surface area (Å²) < 4.78 is 0. The Morgan fingerprint density at radius 3 is 1.80 bits per heavy atom. The largest absolute Gasteiger partial charge is 0.256 e. The van der Waals surface area contributed by atoms with E-state index in [0.717, 1.165) is 33.8 Å². The molecule has 6 aromatic carbocycles. The summed E-state index contributed by atoms with van der Waals surface area (Å²) in [5, 5.41) is 2.53. The van der Waals surface area contributed by atoms with Crippen LogP contribution in [0.25, 0.3) is 55.4 Å². The molecule has 0 N–H and O–H groups in total. The van der Waals surface area contributed by atoms with Crippen LogP contribution in [0.15, 0.2) is 157 Å². The van der Waals surface area contributed by atoms with E-state index in [-0.39, 0.29) is 5.92 Å². The fourth-order valence-electron chi connectivity index (χ4n) is 6.67. The molecule has 7 aromatic rings. The number of aliphatic imine (C=N–C) groups is 1. The van der Waals surface area contributed by atoms with Crippen LogP contribution in [0.5, 0.6) is 0 Å². The van der Waals surface area contributed by atoms with Crippen molar-refractivity contribution in [3.8, 4) is 44.6 Å². The lowest BCUT2D eigenvalue weighted by Gasteiger charge is -2.18. The molecule has 2 nitrogen and oxygen atoms in total. The van der Waals surface area contributed by atoms with Crippen LogP contribution in [0.3, 0.4) is 0 Å². The number of hydrogen-bond donors (Lipinski definition) is 0. The summed E-state index contributed by atoms with van der Waals surface area (Å²) in [4.78, 5) is 10.1. The normalized spacial score (nSPS) is 15.1. The number of hydrogen-bond acceptors (Lipinski definition) is 2. The number of pyridine rings is 1. The van der Waals surface area contributed by atoms with Crippen molar-refractivity contribution in [3.05, 3.63) is 168 Å². The third kappa shape index (κ3) is 4.95. The molecular weight excluding hydrogens is 544 g/mol. The molecule has 8 rings (SSSR count). The Morgan fingerprint density at radius 1 is 0.467 bits per heavy atom. The van der Waals surface area contributed by atoms with Crippen LogP contribution in [0.1, 0.15) is 36.5 Å². The molecule has 1 aliphatic rings. The van der Waals surface area contributed by atoms with Crippen molar-refractivity contribution >= 4 is 22.2 Å². The van der Waals surface area contributed by atoms with Gasteiger partial charge in [-0.25, -0.2) is 0 Å². The second kappa shape index (κ2) is 11.2. The minimum absolute atomic E-state index is 0.216. The molecule has 1 unspecified atom stereocenters. The summed E-state index contributed by atoms with van der Waals surface area (Å²) in [5.74, 6) is 0.216. The fourth-order valence-corrected chi connectivity index (χ4v) is 6.67. The van der Waals surface area contributed by atoms with E-state index in [2.05, 4.69) is 159 Å². The van der Waals surface area contributed by atoms with Crippen molar-refractivity contribution in [2.75, 3.05) is 0 Å². The maximum atomic E-state index is 5.16. The number of fused-ring (bicyclic) bond motifs is 5. The van der Waals surface area contributed by atoms with Crippen LogP contribution in [-0.2, 0) is 0 Å². The molecule has 0 amide bonds. The van der Waals surface area contributed by atoms with E-state index >= 15 is 0 Å². The van der Waals surface area contributed by atoms with E-state index in [1.807, 2.05) is 6.20 Å². The molecule has 2 heteroatoms. The van der Waals surface area contributed by atoms with Gasteiger partial charge in [-0.15, -0.1) is 0 Å². The third-order valence-electron chi connectivity index (χ3n) is 9.18. The Bertz CT molecular complexity index is 2220. The van der Waals surface area contributed by atoms with Crippen molar-refractivity contribution in [3.63, 3.8) is 0 Å². The maximum Gasteiger partial charge on any atom is 0.0709 e. The highest BCUT2D eigenvalue weighted by Gasteiger charge is 2.22. The first-order chi connectivity index (χ1) is 22.1. The zero-order valence-corrected chi connectivity index (χ0v) is 25.4. The van der Waals surface area contributed by atoms with Gasteiger partial charge in [-0.2, -0.15) is 0 Å². The van der Waals surface area contributed by atoms with Gasteiger partial charge in [0.2, 0.25) is 0 Å². The Morgan fingerprint density at radius 2 is 1.04 bits per heavy atom. The summed E-state index contributed by atoms with van der Waals surface area (Å²) in [6, 6.07) is 52.2. The average Bonchev–Trinajstić information content (AvgIpc) is 3.14. The average molecular weight is 577 g/mol. The highest BCUT2D eigenvalue weighted by molar-refractivity contribution is 6.07. The van der Waals surface area contributed by atoms with E-state index in [1.54, 1.807) is 0 Å². The highest BCUT2D eigenvalue weighted by Crippen LogP contribution is 2.40. The van der Waals surface area contributed by atoms with Gasteiger partial charge in [0.15, 0.2) is 0 Å². The number of rotatable bonds is 3.